The minimum absolute atomic E-state index is 0.271. The number of nitrogen functional groups attached to an aromatic ring is 1. The third-order valence-electron chi connectivity index (χ3n) is 2.90. The van der Waals surface area contributed by atoms with Gasteiger partial charge in [0.2, 0.25) is 0 Å². The molecule has 1 aliphatic rings. The van der Waals surface area contributed by atoms with Crippen LogP contribution in [0.15, 0.2) is 46.9 Å². The largest absolute Gasteiger partial charge is 0.399 e. The summed E-state index contributed by atoms with van der Waals surface area (Å²) in [5.41, 5.74) is 12.0. The van der Waals surface area contributed by atoms with E-state index in [2.05, 4.69) is 40.2 Å². The lowest BCUT2D eigenvalue weighted by molar-refractivity contribution is 0.620. The molecule has 3 N–H and O–H groups in total. The number of thiophene rings is 1. The van der Waals surface area contributed by atoms with Gasteiger partial charge >= 0.3 is 0 Å². The van der Waals surface area contributed by atoms with Crippen molar-refractivity contribution < 1.29 is 0 Å². The zero-order valence-electron chi connectivity index (χ0n) is 11.3. The molecular formula is C15H19N3S. The maximum absolute atomic E-state index is 5.68. The molecule has 2 aromatic rings. The average molecular weight is 273 g/mol. The molecule has 0 saturated heterocycles. The molecule has 1 aromatic heterocycles. The fourth-order valence-electron chi connectivity index (χ4n) is 1.96. The smallest absolute Gasteiger partial charge is 0.0799 e. The molecule has 0 fully saturated rings. The number of nitrogens with two attached hydrogens (primary N) is 1. The van der Waals surface area contributed by atoms with Gasteiger partial charge in [-0.2, -0.15) is 5.10 Å². The Hall–Kier alpha value is -1.81. The summed E-state index contributed by atoms with van der Waals surface area (Å²) >= 11 is 1.73. The third kappa shape index (κ3) is 3.15. The molecule has 4 heteroatoms. The first-order valence-corrected chi connectivity index (χ1v) is 7.42. The number of benzene rings is 1. The van der Waals surface area contributed by atoms with E-state index in [9.17, 15) is 0 Å². The van der Waals surface area contributed by atoms with Crippen LogP contribution < -0.4 is 11.2 Å². The highest BCUT2D eigenvalue weighted by atomic mass is 32.1. The van der Waals surface area contributed by atoms with Crippen LogP contribution in [0, 0.1) is 0 Å². The van der Waals surface area contributed by atoms with Crippen LogP contribution in [-0.4, -0.2) is 5.71 Å². The van der Waals surface area contributed by atoms with Crippen molar-refractivity contribution in [3.8, 4) is 0 Å². The summed E-state index contributed by atoms with van der Waals surface area (Å²) in [4.78, 5) is 1.25. The molecule has 19 heavy (non-hydrogen) atoms. The van der Waals surface area contributed by atoms with Crippen LogP contribution >= 0.6 is 11.3 Å². The lowest BCUT2D eigenvalue weighted by Crippen LogP contribution is -2.09. The van der Waals surface area contributed by atoms with E-state index in [1.165, 1.54) is 10.4 Å². The molecule has 100 valence electrons. The molecule has 0 spiro atoms. The molecule has 0 radical (unpaired) electrons. The monoisotopic (exact) mass is 273 g/mol. The van der Waals surface area contributed by atoms with E-state index in [0.717, 1.165) is 17.8 Å². The van der Waals surface area contributed by atoms with Crippen LogP contribution in [0.3, 0.4) is 0 Å². The van der Waals surface area contributed by atoms with Crippen molar-refractivity contribution in [1.29, 1.82) is 0 Å². The summed E-state index contributed by atoms with van der Waals surface area (Å²) in [6, 6.07) is 12.4. The molecule has 1 aromatic carbocycles. The standard InChI is InChI=1S/C13H13N3S.C2H6/c14-10-5-3-9(4-6-10)11-8-12(16-15-11)13-2-1-7-17-13;1-2/h1-7,11,15H,8,14H2;1-2H3. The Balaban J connectivity index is 0.000000637. The Morgan fingerprint density at radius 3 is 2.58 bits per heavy atom. The van der Waals surface area contributed by atoms with Crippen molar-refractivity contribution in [2.45, 2.75) is 26.3 Å². The number of rotatable bonds is 2. The van der Waals surface area contributed by atoms with E-state index >= 15 is 0 Å². The maximum Gasteiger partial charge on any atom is 0.0799 e. The molecule has 1 aliphatic heterocycles. The first kappa shape index (κ1) is 13.6. The SMILES string of the molecule is CC.Nc1ccc(C2CC(c3cccs3)=NN2)cc1. The second kappa shape index (κ2) is 6.38. The van der Waals surface area contributed by atoms with Crippen molar-refractivity contribution in [1.82, 2.24) is 5.43 Å². The Bertz CT molecular complexity index is 529. The topological polar surface area (TPSA) is 50.4 Å². The average Bonchev–Trinajstić information content (AvgIpc) is 3.13. The van der Waals surface area contributed by atoms with Gasteiger partial charge in [-0.15, -0.1) is 11.3 Å². The van der Waals surface area contributed by atoms with Crippen LogP contribution in [0.25, 0.3) is 0 Å². The number of anilines is 1. The van der Waals surface area contributed by atoms with Gasteiger partial charge in [0.25, 0.3) is 0 Å². The van der Waals surface area contributed by atoms with Gasteiger partial charge in [-0.3, -0.25) is 0 Å². The van der Waals surface area contributed by atoms with Gasteiger partial charge in [0.05, 0.1) is 16.6 Å². The molecule has 3 nitrogen and oxygen atoms in total. The number of nitrogens with one attached hydrogen (secondary N) is 1. The molecule has 0 bridgehead atoms. The van der Waals surface area contributed by atoms with Crippen LogP contribution in [0.1, 0.15) is 36.8 Å². The summed E-state index contributed by atoms with van der Waals surface area (Å²) in [7, 11) is 0. The molecule has 1 atom stereocenters. The normalized spacial score (nSPS) is 17.2. The second-order valence-electron chi connectivity index (χ2n) is 4.09. The van der Waals surface area contributed by atoms with Gasteiger partial charge in [-0.25, -0.2) is 0 Å². The number of hydrogen-bond acceptors (Lipinski definition) is 4. The van der Waals surface area contributed by atoms with Crippen LogP contribution in [0.4, 0.5) is 5.69 Å². The summed E-state index contributed by atoms with van der Waals surface area (Å²) in [5.74, 6) is 0. The molecule has 0 amide bonds. The zero-order chi connectivity index (χ0) is 13.7. The summed E-state index contributed by atoms with van der Waals surface area (Å²) < 4.78 is 0. The van der Waals surface area contributed by atoms with E-state index in [0.29, 0.717) is 0 Å². The van der Waals surface area contributed by atoms with Gasteiger partial charge < -0.3 is 11.2 Å². The van der Waals surface area contributed by atoms with Crippen LogP contribution in [0.5, 0.6) is 0 Å². The minimum atomic E-state index is 0.271. The van der Waals surface area contributed by atoms with Crippen molar-refractivity contribution in [2.75, 3.05) is 5.73 Å². The van der Waals surface area contributed by atoms with Gasteiger partial charge in [0.15, 0.2) is 0 Å². The van der Waals surface area contributed by atoms with E-state index in [4.69, 9.17) is 5.73 Å². The zero-order valence-corrected chi connectivity index (χ0v) is 12.1. The highest BCUT2D eigenvalue weighted by Gasteiger charge is 2.21. The minimum Gasteiger partial charge on any atom is -0.399 e. The predicted octanol–water partition coefficient (Wildman–Crippen LogP) is 3.80. The fraction of sp³-hybridized carbons (Fsp3) is 0.267. The second-order valence-corrected chi connectivity index (χ2v) is 5.04. The number of hydrogen-bond donors (Lipinski definition) is 2. The Morgan fingerprint density at radius 1 is 1.21 bits per heavy atom. The van der Waals surface area contributed by atoms with Crippen molar-refractivity contribution in [2.24, 2.45) is 5.10 Å². The van der Waals surface area contributed by atoms with Gasteiger partial charge in [0, 0.05) is 12.1 Å². The quantitative estimate of drug-likeness (QED) is 0.818. The summed E-state index contributed by atoms with van der Waals surface area (Å²) in [5, 5.41) is 6.48. The molecule has 2 heterocycles. The summed E-state index contributed by atoms with van der Waals surface area (Å²) in [6.45, 7) is 4.00. The van der Waals surface area contributed by atoms with Crippen molar-refractivity contribution in [3.05, 3.63) is 52.2 Å². The van der Waals surface area contributed by atoms with Crippen molar-refractivity contribution in [3.63, 3.8) is 0 Å². The molecule has 0 saturated carbocycles. The Labute approximate surface area is 118 Å². The molecule has 1 unspecified atom stereocenters. The molecular weight excluding hydrogens is 254 g/mol. The lowest BCUT2D eigenvalue weighted by Gasteiger charge is -2.09. The van der Waals surface area contributed by atoms with Crippen molar-refractivity contribution >= 4 is 22.7 Å². The van der Waals surface area contributed by atoms with Crippen LogP contribution in [-0.2, 0) is 0 Å². The van der Waals surface area contributed by atoms with Gasteiger partial charge in [-0.1, -0.05) is 32.0 Å². The number of hydrazone groups is 1. The van der Waals surface area contributed by atoms with Gasteiger partial charge in [0.1, 0.15) is 0 Å². The van der Waals surface area contributed by atoms with Gasteiger partial charge in [-0.05, 0) is 29.1 Å². The fourth-order valence-corrected chi connectivity index (χ4v) is 2.69. The van der Waals surface area contributed by atoms with Crippen LogP contribution in [0.2, 0.25) is 0 Å². The maximum atomic E-state index is 5.68. The first-order valence-electron chi connectivity index (χ1n) is 6.54. The highest BCUT2D eigenvalue weighted by molar-refractivity contribution is 7.12. The van der Waals surface area contributed by atoms with E-state index in [1.807, 2.05) is 26.0 Å². The Kier molecular flexibility index (Phi) is 4.58. The molecule has 0 aliphatic carbocycles. The molecule has 3 rings (SSSR count). The number of nitrogens with zero attached hydrogens (tertiary/aromatic N) is 1. The third-order valence-corrected chi connectivity index (χ3v) is 3.82. The Morgan fingerprint density at radius 2 is 1.95 bits per heavy atom. The highest BCUT2D eigenvalue weighted by Crippen LogP contribution is 2.26. The first-order chi connectivity index (χ1) is 9.33. The van der Waals surface area contributed by atoms with E-state index < -0.39 is 0 Å². The lowest BCUT2D eigenvalue weighted by atomic mass is 10.0. The summed E-state index contributed by atoms with van der Waals surface area (Å²) in [6.07, 6.45) is 0.935. The predicted molar refractivity (Wildman–Crippen MR) is 83.6 cm³/mol. The van der Waals surface area contributed by atoms with E-state index in [-0.39, 0.29) is 6.04 Å². The van der Waals surface area contributed by atoms with E-state index in [1.54, 1.807) is 11.3 Å².